The highest BCUT2D eigenvalue weighted by molar-refractivity contribution is 5.95. The lowest BCUT2D eigenvalue weighted by molar-refractivity contribution is -0.0356. The molecule has 7 nitrogen and oxygen atoms in total. The van der Waals surface area contributed by atoms with Crippen molar-refractivity contribution in [2.24, 2.45) is 0 Å². The van der Waals surface area contributed by atoms with Crippen LogP contribution in [0, 0.1) is 0 Å². The van der Waals surface area contributed by atoms with Gasteiger partial charge in [-0.2, -0.15) is 0 Å². The molecule has 3 amide bonds. The van der Waals surface area contributed by atoms with E-state index < -0.39 is 0 Å². The summed E-state index contributed by atoms with van der Waals surface area (Å²) in [4.78, 5) is 29.4. The van der Waals surface area contributed by atoms with E-state index in [4.69, 9.17) is 4.74 Å². The monoisotopic (exact) mass is 414 g/mol. The van der Waals surface area contributed by atoms with E-state index in [-0.39, 0.29) is 17.5 Å². The van der Waals surface area contributed by atoms with E-state index in [9.17, 15) is 9.59 Å². The highest BCUT2D eigenvalue weighted by atomic mass is 16.5. The summed E-state index contributed by atoms with van der Waals surface area (Å²) in [6.45, 7) is 5.77. The lowest BCUT2D eigenvalue weighted by atomic mass is 9.80. The van der Waals surface area contributed by atoms with Gasteiger partial charge in [0.05, 0.1) is 13.2 Å². The van der Waals surface area contributed by atoms with Crippen LogP contribution >= 0.6 is 0 Å². The van der Waals surface area contributed by atoms with Crippen molar-refractivity contribution in [1.82, 2.24) is 15.1 Å². The van der Waals surface area contributed by atoms with Crippen LogP contribution in [0.2, 0.25) is 0 Å². The number of urea groups is 1. The normalized spacial score (nSPS) is 21.9. The SMILES string of the molecule is O=C(NCC1(N2CCOCC2)CCCCC1)Nc1ccc(C(=O)N2CCCC2)cc1. The van der Waals surface area contributed by atoms with E-state index in [1.807, 2.05) is 4.90 Å². The number of benzene rings is 1. The van der Waals surface area contributed by atoms with Crippen molar-refractivity contribution in [2.75, 3.05) is 51.3 Å². The van der Waals surface area contributed by atoms with Crippen molar-refractivity contribution >= 4 is 17.6 Å². The summed E-state index contributed by atoms with van der Waals surface area (Å²) in [5, 5.41) is 6.03. The Bertz CT molecular complexity index is 718. The molecule has 0 radical (unpaired) electrons. The van der Waals surface area contributed by atoms with Crippen LogP contribution in [0.15, 0.2) is 24.3 Å². The molecule has 2 N–H and O–H groups in total. The summed E-state index contributed by atoms with van der Waals surface area (Å²) >= 11 is 0. The molecule has 3 fully saturated rings. The molecule has 1 aliphatic carbocycles. The van der Waals surface area contributed by atoms with E-state index in [1.54, 1.807) is 24.3 Å². The predicted octanol–water partition coefficient (Wildman–Crippen LogP) is 3.08. The van der Waals surface area contributed by atoms with E-state index in [1.165, 1.54) is 19.3 Å². The highest BCUT2D eigenvalue weighted by Gasteiger charge is 2.38. The second kappa shape index (κ2) is 9.79. The number of ether oxygens (including phenoxy) is 1. The van der Waals surface area contributed by atoms with Gasteiger partial charge < -0.3 is 20.3 Å². The molecule has 0 atom stereocenters. The van der Waals surface area contributed by atoms with Gasteiger partial charge in [-0.1, -0.05) is 19.3 Å². The van der Waals surface area contributed by atoms with Gasteiger partial charge in [-0.05, 0) is 49.9 Å². The van der Waals surface area contributed by atoms with Crippen LogP contribution in [-0.2, 0) is 4.74 Å². The number of likely N-dealkylation sites (tertiary alicyclic amines) is 1. The molecule has 0 unspecified atom stereocenters. The number of nitrogens with one attached hydrogen (secondary N) is 2. The summed E-state index contributed by atoms with van der Waals surface area (Å²) in [5.41, 5.74) is 1.43. The average Bonchev–Trinajstić information content (AvgIpc) is 3.34. The molecule has 0 aromatic heterocycles. The molecule has 0 bridgehead atoms. The molecule has 30 heavy (non-hydrogen) atoms. The van der Waals surface area contributed by atoms with Crippen molar-refractivity contribution in [3.8, 4) is 0 Å². The van der Waals surface area contributed by atoms with E-state index in [0.29, 0.717) is 17.8 Å². The zero-order valence-corrected chi connectivity index (χ0v) is 17.8. The fraction of sp³-hybridized carbons (Fsp3) is 0.652. The Morgan fingerprint density at radius 1 is 0.900 bits per heavy atom. The van der Waals surface area contributed by atoms with Gasteiger partial charge in [-0.15, -0.1) is 0 Å². The van der Waals surface area contributed by atoms with Gasteiger partial charge in [0.1, 0.15) is 0 Å². The summed E-state index contributed by atoms with van der Waals surface area (Å²) in [5.74, 6) is 0.0771. The molecule has 2 aliphatic heterocycles. The third-order valence-electron chi connectivity index (χ3n) is 6.83. The summed E-state index contributed by atoms with van der Waals surface area (Å²) in [6.07, 6.45) is 8.12. The third-order valence-corrected chi connectivity index (χ3v) is 6.83. The molecule has 7 heteroatoms. The van der Waals surface area contributed by atoms with Crippen molar-refractivity contribution < 1.29 is 14.3 Å². The molecular weight excluding hydrogens is 380 g/mol. The summed E-state index contributed by atoms with van der Waals surface area (Å²) < 4.78 is 5.53. The van der Waals surface area contributed by atoms with Crippen LogP contribution in [0.3, 0.4) is 0 Å². The molecule has 0 spiro atoms. The maximum atomic E-state index is 12.6. The van der Waals surface area contributed by atoms with Gasteiger partial charge >= 0.3 is 6.03 Å². The molecule has 1 aromatic rings. The average molecular weight is 415 g/mol. The van der Waals surface area contributed by atoms with Gasteiger partial charge in [0.15, 0.2) is 0 Å². The zero-order valence-electron chi connectivity index (χ0n) is 17.8. The summed E-state index contributed by atoms with van der Waals surface area (Å²) in [6, 6.07) is 7.02. The quantitative estimate of drug-likeness (QED) is 0.777. The Balaban J connectivity index is 1.31. The standard InChI is InChI=1S/C23H34N4O3/c28-21(26-12-4-5-13-26)19-6-8-20(9-7-19)25-22(29)24-18-23(10-2-1-3-11-23)27-14-16-30-17-15-27/h6-9H,1-5,10-18H2,(H2,24,25,29). The first-order valence-electron chi connectivity index (χ1n) is 11.4. The van der Waals surface area contributed by atoms with Gasteiger partial charge in [-0.25, -0.2) is 4.79 Å². The first-order valence-corrected chi connectivity index (χ1v) is 11.4. The minimum atomic E-state index is -0.188. The van der Waals surface area contributed by atoms with Crippen molar-refractivity contribution in [3.05, 3.63) is 29.8 Å². The minimum Gasteiger partial charge on any atom is -0.379 e. The number of hydrogen-bond donors (Lipinski definition) is 2. The number of rotatable bonds is 5. The lowest BCUT2D eigenvalue weighted by Crippen LogP contribution is -2.60. The lowest BCUT2D eigenvalue weighted by Gasteiger charge is -2.48. The minimum absolute atomic E-state index is 0.0470. The Morgan fingerprint density at radius 3 is 2.23 bits per heavy atom. The molecule has 1 saturated carbocycles. The van der Waals surface area contributed by atoms with Gasteiger partial charge in [0.2, 0.25) is 0 Å². The van der Waals surface area contributed by atoms with Crippen LogP contribution in [-0.4, -0.2) is 73.2 Å². The highest BCUT2D eigenvalue weighted by Crippen LogP contribution is 2.33. The zero-order chi connectivity index (χ0) is 20.8. The Kier molecular flexibility index (Phi) is 6.89. The van der Waals surface area contributed by atoms with Gasteiger partial charge in [-0.3, -0.25) is 9.69 Å². The van der Waals surface area contributed by atoms with Crippen molar-refractivity contribution in [2.45, 2.75) is 50.5 Å². The van der Waals surface area contributed by atoms with Crippen LogP contribution in [0.5, 0.6) is 0 Å². The fourth-order valence-corrected chi connectivity index (χ4v) is 5.07. The largest absolute Gasteiger partial charge is 0.379 e. The number of carbonyl (C=O) groups excluding carboxylic acids is 2. The molecule has 164 valence electrons. The second-order valence-corrected chi connectivity index (χ2v) is 8.77. The van der Waals surface area contributed by atoms with Gasteiger partial charge in [0, 0.05) is 49.5 Å². The molecular formula is C23H34N4O3. The Labute approximate surface area is 179 Å². The first kappa shape index (κ1) is 21.1. The molecule has 1 aromatic carbocycles. The Hall–Kier alpha value is -2.12. The summed E-state index contributed by atoms with van der Waals surface area (Å²) in [7, 11) is 0. The maximum Gasteiger partial charge on any atom is 0.319 e. The molecule has 2 saturated heterocycles. The number of carbonyl (C=O) groups is 2. The fourth-order valence-electron chi connectivity index (χ4n) is 5.07. The second-order valence-electron chi connectivity index (χ2n) is 8.77. The molecule has 4 rings (SSSR count). The van der Waals surface area contributed by atoms with Gasteiger partial charge in [0.25, 0.3) is 5.91 Å². The first-order chi connectivity index (χ1) is 14.7. The predicted molar refractivity (Wildman–Crippen MR) is 117 cm³/mol. The van der Waals surface area contributed by atoms with E-state index in [2.05, 4.69) is 15.5 Å². The smallest absolute Gasteiger partial charge is 0.319 e. The molecule has 3 aliphatic rings. The van der Waals surface area contributed by atoms with Crippen LogP contribution in [0.25, 0.3) is 0 Å². The maximum absolute atomic E-state index is 12.6. The van der Waals surface area contributed by atoms with Crippen molar-refractivity contribution in [3.63, 3.8) is 0 Å². The van der Waals surface area contributed by atoms with Crippen molar-refractivity contribution in [1.29, 1.82) is 0 Å². The van der Waals surface area contributed by atoms with Crippen LogP contribution in [0.4, 0.5) is 10.5 Å². The number of morpholine rings is 1. The Morgan fingerprint density at radius 2 is 1.57 bits per heavy atom. The number of anilines is 1. The van der Waals surface area contributed by atoms with E-state index >= 15 is 0 Å². The third kappa shape index (κ3) is 4.95. The number of nitrogens with zero attached hydrogens (tertiary/aromatic N) is 2. The molecule has 2 heterocycles. The topological polar surface area (TPSA) is 73.9 Å². The van der Waals surface area contributed by atoms with E-state index in [0.717, 1.165) is 65.1 Å². The number of amides is 3. The number of hydrogen-bond acceptors (Lipinski definition) is 4. The van der Waals surface area contributed by atoms with Crippen LogP contribution < -0.4 is 10.6 Å². The van der Waals surface area contributed by atoms with Crippen LogP contribution in [0.1, 0.15) is 55.3 Å².